The summed E-state index contributed by atoms with van der Waals surface area (Å²) in [5, 5.41) is 0.650. The third-order valence-electron chi connectivity index (χ3n) is 2.64. The Bertz CT molecular complexity index is 567. The second-order valence-electron chi connectivity index (χ2n) is 4.13. The molecule has 0 aliphatic rings. The molecule has 0 fully saturated rings. The number of benzene rings is 1. The van der Waals surface area contributed by atoms with E-state index < -0.39 is 0 Å². The second-order valence-corrected chi connectivity index (χ2v) is 4.57. The van der Waals surface area contributed by atoms with Crippen LogP contribution in [0.4, 0.5) is 0 Å². The summed E-state index contributed by atoms with van der Waals surface area (Å²) >= 11 is 5.80. The van der Waals surface area contributed by atoms with Crippen molar-refractivity contribution in [3.05, 3.63) is 52.8 Å². The van der Waals surface area contributed by atoms with E-state index in [2.05, 4.69) is 4.98 Å². The molecule has 0 aliphatic heterocycles. The summed E-state index contributed by atoms with van der Waals surface area (Å²) in [6, 6.07) is 8.73. The molecule has 0 saturated heterocycles. The summed E-state index contributed by atoms with van der Waals surface area (Å²) in [4.78, 5) is 15.3. The predicted molar refractivity (Wildman–Crippen MR) is 75.1 cm³/mol. The van der Waals surface area contributed by atoms with Gasteiger partial charge in [0, 0.05) is 10.6 Å². The van der Waals surface area contributed by atoms with Crippen LogP contribution in [0.2, 0.25) is 5.02 Å². The van der Waals surface area contributed by atoms with Crippen LogP contribution in [0, 0.1) is 0 Å². The third kappa shape index (κ3) is 3.55. The van der Waals surface area contributed by atoms with Gasteiger partial charge in [-0.1, -0.05) is 24.9 Å². The largest absolute Gasteiger partial charge is 0.456 e. The average Bonchev–Trinajstić information content (AvgIpc) is 2.43. The highest BCUT2D eigenvalue weighted by Crippen LogP contribution is 2.24. The highest BCUT2D eigenvalue weighted by molar-refractivity contribution is 6.30. The molecule has 98 valence electrons. The highest BCUT2D eigenvalue weighted by atomic mass is 35.5. The Morgan fingerprint density at radius 2 is 2.00 bits per heavy atom. The number of rotatable bonds is 5. The van der Waals surface area contributed by atoms with Gasteiger partial charge in [0.05, 0.1) is 11.9 Å². The van der Waals surface area contributed by atoms with Crippen LogP contribution in [0.3, 0.4) is 0 Å². The number of pyridine rings is 1. The van der Waals surface area contributed by atoms with Crippen LogP contribution in [0.5, 0.6) is 11.5 Å². The fraction of sp³-hybridized carbons (Fsp3) is 0.200. The zero-order valence-electron chi connectivity index (χ0n) is 10.6. The lowest BCUT2D eigenvalue weighted by atomic mass is 10.1. The van der Waals surface area contributed by atoms with Gasteiger partial charge in [0.1, 0.15) is 11.5 Å². The number of aldehydes is 1. The molecule has 0 radical (unpaired) electrons. The number of aromatic nitrogens is 1. The van der Waals surface area contributed by atoms with Gasteiger partial charge in [-0.05, 0) is 36.8 Å². The molecule has 1 heterocycles. The molecule has 0 unspecified atom stereocenters. The minimum absolute atomic E-state index is 0.546. The quantitative estimate of drug-likeness (QED) is 0.764. The summed E-state index contributed by atoms with van der Waals surface area (Å²) < 4.78 is 5.63. The molecule has 2 aromatic rings. The molecule has 0 saturated carbocycles. The minimum atomic E-state index is 0.546. The van der Waals surface area contributed by atoms with Crippen molar-refractivity contribution in [1.29, 1.82) is 0 Å². The summed E-state index contributed by atoms with van der Waals surface area (Å²) in [5.74, 6) is 1.20. The van der Waals surface area contributed by atoms with Crippen LogP contribution in [-0.2, 0) is 6.42 Å². The predicted octanol–water partition coefficient (Wildman–Crippen LogP) is 4.29. The molecule has 0 N–H and O–H groups in total. The van der Waals surface area contributed by atoms with Gasteiger partial charge in [0.25, 0.3) is 0 Å². The highest BCUT2D eigenvalue weighted by Gasteiger charge is 2.06. The second kappa shape index (κ2) is 6.34. The van der Waals surface area contributed by atoms with Crippen LogP contribution in [-0.4, -0.2) is 11.3 Å². The standard InChI is InChI=1S/C15H14ClNO2/c1-2-3-15-11(10-18)8-14(9-17-15)19-13-6-4-12(16)5-7-13/h4-10H,2-3H2,1H3. The number of ether oxygens (including phenoxy) is 1. The van der Waals surface area contributed by atoms with Crippen molar-refractivity contribution in [2.45, 2.75) is 19.8 Å². The number of hydrogen-bond acceptors (Lipinski definition) is 3. The molecular formula is C15H14ClNO2. The molecular weight excluding hydrogens is 262 g/mol. The van der Waals surface area contributed by atoms with Gasteiger partial charge in [-0.3, -0.25) is 9.78 Å². The lowest BCUT2D eigenvalue weighted by molar-refractivity contribution is 0.112. The van der Waals surface area contributed by atoms with Crippen LogP contribution < -0.4 is 4.74 Å². The van der Waals surface area contributed by atoms with E-state index in [1.807, 2.05) is 6.92 Å². The Morgan fingerprint density at radius 1 is 1.26 bits per heavy atom. The average molecular weight is 276 g/mol. The van der Waals surface area contributed by atoms with Gasteiger partial charge >= 0.3 is 0 Å². The number of halogens is 1. The van der Waals surface area contributed by atoms with Crippen molar-refractivity contribution in [2.75, 3.05) is 0 Å². The van der Waals surface area contributed by atoms with Gasteiger partial charge < -0.3 is 4.74 Å². The minimum Gasteiger partial charge on any atom is -0.456 e. The number of carbonyl (C=O) groups is 1. The summed E-state index contributed by atoms with van der Waals surface area (Å²) in [5.41, 5.74) is 1.38. The number of aryl methyl sites for hydroxylation is 1. The van der Waals surface area contributed by atoms with Gasteiger partial charge in [0.2, 0.25) is 0 Å². The Kier molecular flexibility index (Phi) is 4.53. The molecule has 0 spiro atoms. The first kappa shape index (κ1) is 13.6. The first-order chi connectivity index (χ1) is 9.22. The van der Waals surface area contributed by atoms with E-state index in [0.29, 0.717) is 22.1 Å². The summed E-state index contributed by atoms with van der Waals surface area (Å²) in [6.07, 6.45) is 4.18. The summed E-state index contributed by atoms with van der Waals surface area (Å²) in [7, 11) is 0. The van der Waals surface area contributed by atoms with Crippen molar-refractivity contribution in [3.8, 4) is 11.5 Å². The maximum atomic E-state index is 11.0. The lowest BCUT2D eigenvalue weighted by Crippen LogP contribution is -1.97. The first-order valence-corrected chi connectivity index (χ1v) is 6.48. The maximum absolute atomic E-state index is 11.0. The molecule has 4 heteroatoms. The zero-order chi connectivity index (χ0) is 13.7. The molecule has 0 atom stereocenters. The van der Waals surface area contributed by atoms with E-state index in [1.54, 1.807) is 36.5 Å². The number of nitrogens with zero attached hydrogens (tertiary/aromatic N) is 1. The van der Waals surface area contributed by atoms with Crippen molar-refractivity contribution in [1.82, 2.24) is 4.98 Å². The molecule has 3 nitrogen and oxygen atoms in total. The Hall–Kier alpha value is -1.87. The molecule has 0 amide bonds. The van der Waals surface area contributed by atoms with Crippen LogP contribution >= 0.6 is 11.6 Å². The van der Waals surface area contributed by atoms with Gasteiger partial charge in [-0.25, -0.2) is 0 Å². The van der Waals surface area contributed by atoms with Crippen molar-refractivity contribution in [2.24, 2.45) is 0 Å². The fourth-order valence-electron chi connectivity index (χ4n) is 1.73. The van der Waals surface area contributed by atoms with E-state index in [4.69, 9.17) is 16.3 Å². The van der Waals surface area contributed by atoms with Crippen molar-refractivity contribution >= 4 is 17.9 Å². The molecule has 0 bridgehead atoms. The maximum Gasteiger partial charge on any atom is 0.152 e. The normalized spacial score (nSPS) is 10.2. The Morgan fingerprint density at radius 3 is 2.63 bits per heavy atom. The fourth-order valence-corrected chi connectivity index (χ4v) is 1.86. The summed E-state index contributed by atoms with van der Waals surface area (Å²) in [6.45, 7) is 2.05. The third-order valence-corrected chi connectivity index (χ3v) is 2.89. The van der Waals surface area contributed by atoms with Gasteiger partial charge in [0.15, 0.2) is 6.29 Å². The first-order valence-electron chi connectivity index (χ1n) is 6.10. The number of hydrogen-bond donors (Lipinski definition) is 0. The van der Waals surface area contributed by atoms with Crippen molar-refractivity contribution in [3.63, 3.8) is 0 Å². The van der Waals surface area contributed by atoms with Crippen LogP contribution in [0.25, 0.3) is 0 Å². The van der Waals surface area contributed by atoms with Crippen molar-refractivity contribution < 1.29 is 9.53 Å². The van der Waals surface area contributed by atoms with Gasteiger partial charge in [-0.15, -0.1) is 0 Å². The lowest BCUT2D eigenvalue weighted by Gasteiger charge is -2.08. The van der Waals surface area contributed by atoms with Gasteiger partial charge in [-0.2, -0.15) is 0 Å². The van der Waals surface area contributed by atoms with Crippen LogP contribution in [0.1, 0.15) is 29.4 Å². The molecule has 19 heavy (non-hydrogen) atoms. The van der Waals surface area contributed by atoms with E-state index in [-0.39, 0.29) is 0 Å². The smallest absolute Gasteiger partial charge is 0.152 e. The number of carbonyl (C=O) groups excluding carboxylic acids is 1. The van der Waals surface area contributed by atoms with E-state index in [1.165, 1.54) is 0 Å². The van der Waals surface area contributed by atoms with E-state index in [0.717, 1.165) is 24.8 Å². The molecule has 1 aromatic carbocycles. The SMILES string of the molecule is CCCc1ncc(Oc2ccc(Cl)cc2)cc1C=O. The molecule has 1 aromatic heterocycles. The van der Waals surface area contributed by atoms with E-state index >= 15 is 0 Å². The Balaban J connectivity index is 2.21. The topological polar surface area (TPSA) is 39.2 Å². The molecule has 2 rings (SSSR count). The monoisotopic (exact) mass is 275 g/mol. The van der Waals surface area contributed by atoms with E-state index in [9.17, 15) is 4.79 Å². The molecule has 0 aliphatic carbocycles. The zero-order valence-corrected chi connectivity index (χ0v) is 11.4. The van der Waals surface area contributed by atoms with Crippen LogP contribution in [0.15, 0.2) is 36.5 Å². The Labute approximate surface area is 117 Å².